The Morgan fingerprint density at radius 1 is 0.971 bits per heavy atom. The minimum Gasteiger partial charge on any atom is -0.481 e. The standard InChI is InChI=1S/C30H30N2O2/c1-5-19-34-26-15-16-28-27(20-26)29(25-13-11-23(12-14-25)21(2)3)31-30(33)32(28)18-17-22(4)24-9-7-6-8-10-24/h1,6-16,20-22H,17-19H2,2-4H3. The van der Waals surface area contributed by atoms with E-state index in [1.807, 2.05) is 48.5 Å². The molecule has 1 aromatic heterocycles. The molecule has 4 rings (SSSR count). The maximum atomic E-state index is 13.2. The van der Waals surface area contributed by atoms with Gasteiger partial charge in [-0.05, 0) is 47.6 Å². The van der Waals surface area contributed by atoms with Crippen molar-refractivity contribution in [2.24, 2.45) is 0 Å². The fourth-order valence-corrected chi connectivity index (χ4v) is 4.21. The molecule has 0 saturated carbocycles. The zero-order valence-electron chi connectivity index (χ0n) is 20.0. The second kappa shape index (κ2) is 10.4. The maximum absolute atomic E-state index is 13.2. The van der Waals surface area contributed by atoms with Gasteiger partial charge in [-0.1, -0.05) is 81.3 Å². The van der Waals surface area contributed by atoms with Crippen LogP contribution in [-0.2, 0) is 6.54 Å². The van der Waals surface area contributed by atoms with Crippen molar-refractivity contribution in [3.63, 3.8) is 0 Å². The number of nitrogens with zero attached hydrogens (tertiary/aromatic N) is 2. The molecule has 3 aromatic carbocycles. The Labute approximate surface area is 201 Å². The molecule has 1 heterocycles. The normalized spacial score (nSPS) is 12.0. The van der Waals surface area contributed by atoms with Crippen molar-refractivity contribution in [2.75, 3.05) is 6.61 Å². The maximum Gasteiger partial charge on any atom is 0.348 e. The summed E-state index contributed by atoms with van der Waals surface area (Å²) in [5.41, 5.74) is 4.68. The topological polar surface area (TPSA) is 44.1 Å². The number of ether oxygens (including phenoxy) is 1. The van der Waals surface area contributed by atoms with E-state index in [0.29, 0.717) is 29.8 Å². The molecular formula is C30H30N2O2. The minimum absolute atomic E-state index is 0.186. The van der Waals surface area contributed by atoms with Crippen molar-refractivity contribution in [2.45, 2.75) is 45.6 Å². The van der Waals surface area contributed by atoms with Gasteiger partial charge in [0.25, 0.3) is 0 Å². The molecule has 4 aromatic rings. The number of aromatic nitrogens is 2. The highest BCUT2D eigenvalue weighted by Crippen LogP contribution is 2.30. The summed E-state index contributed by atoms with van der Waals surface area (Å²) in [5, 5.41) is 0.874. The Balaban J connectivity index is 1.76. The largest absolute Gasteiger partial charge is 0.481 e. The molecule has 0 amide bonds. The van der Waals surface area contributed by atoms with E-state index in [1.165, 1.54) is 11.1 Å². The molecule has 0 N–H and O–H groups in total. The highest BCUT2D eigenvalue weighted by atomic mass is 16.5. The van der Waals surface area contributed by atoms with Crippen molar-refractivity contribution in [3.8, 4) is 29.4 Å². The van der Waals surface area contributed by atoms with Crippen LogP contribution < -0.4 is 10.4 Å². The number of terminal acetylenes is 1. The summed E-state index contributed by atoms with van der Waals surface area (Å²) >= 11 is 0. The Kier molecular flexibility index (Phi) is 7.13. The fraction of sp³-hybridized carbons (Fsp3) is 0.267. The van der Waals surface area contributed by atoms with Gasteiger partial charge in [-0.15, -0.1) is 6.42 Å². The molecule has 34 heavy (non-hydrogen) atoms. The molecule has 172 valence electrons. The van der Waals surface area contributed by atoms with Gasteiger partial charge in [-0.2, -0.15) is 4.98 Å². The monoisotopic (exact) mass is 450 g/mol. The van der Waals surface area contributed by atoms with Gasteiger partial charge < -0.3 is 4.74 Å². The van der Waals surface area contributed by atoms with Crippen LogP contribution in [0.3, 0.4) is 0 Å². The summed E-state index contributed by atoms with van der Waals surface area (Å²) < 4.78 is 7.45. The summed E-state index contributed by atoms with van der Waals surface area (Å²) in [7, 11) is 0. The summed E-state index contributed by atoms with van der Waals surface area (Å²) in [5.74, 6) is 3.92. The summed E-state index contributed by atoms with van der Waals surface area (Å²) in [6.07, 6.45) is 6.21. The first-order valence-electron chi connectivity index (χ1n) is 11.7. The average Bonchev–Trinajstić information content (AvgIpc) is 2.87. The predicted octanol–water partition coefficient (Wildman–Crippen LogP) is 6.39. The lowest BCUT2D eigenvalue weighted by Crippen LogP contribution is -2.25. The SMILES string of the molecule is C#CCOc1ccc2c(c1)c(-c1ccc(C(C)C)cc1)nc(=O)n2CCC(C)c1ccccc1. The third-order valence-corrected chi connectivity index (χ3v) is 6.28. The zero-order valence-corrected chi connectivity index (χ0v) is 20.0. The molecule has 0 fully saturated rings. The van der Waals surface area contributed by atoms with Crippen LogP contribution in [0.4, 0.5) is 0 Å². The highest BCUT2D eigenvalue weighted by molar-refractivity contribution is 5.93. The van der Waals surface area contributed by atoms with Crippen LogP contribution in [0.5, 0.6) is 5.75 Å². The molecule has 0 aliphatic carbocycles. The lowest BCUT2D eigenvalue weighted by Gasteiger charge is -2.17. The molecule has 1 atom stereocenters. The number of hydrogen-bond donors (Lipinski definition) is 0. The van der Waals surface area contributed by atoms with Crippen molar-refractivity contribution in [1.29, 1.82) is 0 Å². The molecular weight excluding hydrogens is 420 g/mol. The van der Waals surface area contributed by atoms with Crippen LogP contribution in [0.15, 0.2) is 77.6 Å². The molecule has 0 aliphatic rings. The number of aryl methyl sites for hydroxylation is 1. The number of rotatable bonds is 8. The number of hydrogen-bond acceptors (Lipinski definition) is 3. The average molecular weight is 451 g/mol. The van der Waals surface area contributed by atoms with E-state index in [9.17, 15) is 4.79 Å². The van der Waals surface area contributed by atoms with E-state index in [2.05, 4.69) is 55.9 Å². The van der Waals surface area contributed by atoms with Crippen LogP contribution in [0.2, 0.25) is 0 Å². The lowest BCUT2D eigenvalue weighted by atomic mass is 9.97. The van der Waals surface area contributed by atoms with Crippen LogP contribution >= 0.6 is 0 Å². The van der Waals surface area contributed by atoms with Gasteiger partial charge in [0.15, 0.2) is 0 Å². The van der Waals surface area contributed by atoms with Crippen molar-refractivity contribution >= 4 is 10.9 Å². The van der Waals surface area contributed by atoms with Crippen LogP contribution in [-0.4, -0.2) is 16.2 Å². The van der Waals surface area contributed by atoms with Crippen LogP contribution in [0.25, 0.3) is 22.2 Å². The molecule has 4 heteroatoms. The smallest absolute Gasteiger partial charge is 0.348 e. The van der Waals surface area contributed by atoms with Gasteiger partial charge in [-0.3, -0.25) is 4.57 Å². The molecule has 0 spiro atoms. The van der Waals surface area contributed by atoms with E-state index in [-0.39, 0.29) is 12.3 Å². The summed E-state index contributed by atoms with van der Waals surface area (Å²) in [4.78, 5) is 17.7. The van der Waals surface area contributed by atoms with Crippen molar-refractivity contribution in [1.82, 2.24) is 9.55 Å². The molecule has 0 bridgehead atoms. The van der Waals surface area contributed by atoms with E-state index in [4.69, 9.17) is 11.2 Å². The van der Waals surface area contributed by atoms with E-state index in [1.54, 1.807) is 4.57 Å². The third-order valence-electron chi connectivity index (χ3n) is 6.28. The Morgan fingerprint density at radius 2 is 1.71 bits per heavy atom. The highest BCUT2D eigenvalue weighted by Gasteiger charge is 2.15. The molecule has 1 unspecified atom stereocenters. The lowest BCUT2D eigenvalue weighted by molar-refractivity contribution is 0.371. The quantitative estimate of drug-likeness (QED) is 0.292. The van der Waals surface area contributed by atoms with Crippen molar-refractivity contribution in [3.05, 3.63) is 94.4 Å². The first kappa shape index (κ1) is 23.3. The van der Waals surface area contributed by atoms with Gasteiger partial charge in [0, 0.05) is 17.5 Å². The Morgan fingerprint density at radius 3 is 2.38 bits per heavy atom. The second-order valence-electron chi connectivity index (χ2n) is 8.94. The van der Waals surface area contributed by atoms with E-state index < -0.39 is 0 Å². The molecule has 4 nitrogen and oxygen atoms in total. The van der Waals surface area contributed by atoms with Gasteiger partial charge in [-0.25, -0.2) is 4.79 Å². The molecule has 0 saturated heterocycles. The summed E-state index contributed by atoms with van der Waals surface area (Å²) in [6.45, 7) is 7.28. The fourth-order valence-electron chi connectivity index (χ4n) is 4.21. The van der Waals surface area contributed by atoms with Crippen molar-refractivity contribution < 1.29 is 4.74 Å². The predicted molar refractivity (Wildman–Crippen MR) is 139 cm³/mol. The van der Waals surface area contributed by atoms with Gasteiger partial charge >= 0.3 is 5.69 Å². The van der Waals surface area contributed by atoms with Crippen LogP contribution in [0.1, 0.15) is 50.2 Å². The number of fused-ring (bicyclic) bond motifs is 1. The minimum atomic E-state index is -0.243. The first-order valence-corrected chi connectivity index (χ1v) is 11.7. The summed E-state index contributed by atoms with van der Waals surface area (Å²) in [6, 6.07) is 24.4. The zero-order chi connectivity index (χ0) is 24.1. The Bertz CT molecular complexity index is 1360. The van der Waals surface area contributed by atoms with Gasteiger partial charge in [0.05, 0.1) is 11.2 Å². The molecule has 0 radical (unpaired) electrons. The Hall–Kier alpha value is -3.84. The second-order valence-corrected chi connectivity index (χ2v) is 8.94. The van der Waals surface area contributed by atoms with Gasteiger partial charge in [0.2, 0.25) is 0 Å². The number of benzene rings is 3. The van der Waals surface area contributed by atoms with Crippen LogP contribution in [0, 0.1) is 12.3 Å². The first-order chi connectivity index (χ1) is 16.5. The molecule has 0 aliphatic heterocycles. The van der Waals surface area contributed by atoms with E-state index >= 15 is 0 Å². The van der Waals surface area contributed by atoms with Gasteiger partial charge in [0.1, 0.15) is 12.4 Å². The third kappa shape index (κ3) is 5.05. The van der Waals surface area contributed by atoms with E-state index in [0.717, 1.165) is 22.9 Å².